The second kappa shape index (κ2) is 37.7. The fourth-order valence-corrected chi connectivity index (χ4v) is 6.85. The van der Waals surface area contributed by atoms with E-state index in [1.807, 2.05) is 0 Å². The highest BCUT2D eigenvalue weighted by Gasteiger charge is 2.27. The Bertz CT molecular complexity index is 840. The van der Waals surface area contributed by atoms with Gasteiger partial charge in [-0.3, -0.25) is 13.8 Å². The molecule has 0 bridgehead atoms. The molecule has 0 aliphatic carbocycles. The van der Waals surface area contributed by atoms with Crippen molar-refractivity contribution in [2.45, 2.75) is 212 Å². The molecule has 0 aliphatic heterocycles. The van der Waals surface area contributed by atoms with Crippen LogP contribution in [-0.2, 0) is 18.4 Å². The fraction of sp³-hybridized carbons (Fsp3) is 0.878. The molecule has 0 aromatic rings. The van der Waals surface area contributed by atoms with E-state index >= 15 is 0 Å². The number of carbonyl (C=O) groups excluding carboxylic acids is 1. The normalized spacial score (nSPS) is 14.4. The van der Waals surface area contributed by atoms with Crippen LogP contribution in [0.25, 0.3) is 0 Å². The number of phosphoric ester groups is 1. The molecule has 3 unspecified atom stereocenters. The molecule has 0 aliphatic rings. The zero-order chi connectivity index (χ0) is 36.8. The zero-order valence-corrected chi connectivity index (χ0v) is 33.5. The molecule has 0 fully saturated rings. The van der Waals surface area contributed by atoms with Gasteiger partial charge in [0.15, 0.2) is 0 Å². The number of phosphoric acid groups is 1. The zero-order valence-electron chi connectivity index (χ0n) is 32.6. The van der Waals surface area contributed by atoms with E-state index in [4.69, 9.17) is 14.8 Å². The minimum atomic E-state index is -4.31. The lowest BCUT2D eigenvalue weighted by atomic mass is 10.0. The van der Waals surface area contributed by atoms with E-state index in [9.17, 15) is 19.4 Å². The fourth-order valence-electron chi connectivity index (χ4n) is 6.09. The molecule has 0 saturated heterocycles. The van der Waals surface area contributed by atoms with Crippen LogP contribution in [0.1, 0.15) is 200 Å². The third-order valence-corrected chi connectivity index (χ3v) is 10.3. The van der Waals surface area contributed by atoms with Crippen LogP contribution in [0.15, 0.2) is 24.3 Å². The third kappa shape index (κ3) is 35.4. The average Bonchev–Trinajstić information content (AvgIpc) is 3.10. The minimum Gasteiger partial charge on any atom is -0.391 e. The van der Waals surface area contributed by atoms with Crippen molar-refractivity contribution >= 4 is 13.7 Å². The Morgan fingerprint density at radius 1 is 0.660 bits per heavy atom. The van der Waals surface area contributed by atoms with Gasteiger partial charge in [-0.2, -0.15) is 0 Å². The van der Waals surface area contributed by atoms with Crippen molar-refractivity contribution in [3.63, 3.8) is 0 Å². The highest BCUT2D eigenvalue weighted by molar-refractivity contribution is 7.47. The van der Waals surface area contributed by atoms with Gasteiger partial charge in [0, 0.05) is 13.0 Å². The van der Waals surface area contributed by atoms with Gasteiger partial charge in [-0.1, -0.05) is 179 Å². The number of amides is 1. The molecular formula is C41H81N2O6P. The number of nitrogens with one attached hydrogen (secondary N) is 1. The lowest BCUT2D eigenvalue weighted by Gasteiger charge is -2.25. The van der Waals surface area contributed by atoms with Crippen molar-refractivity contribution in [1.82, 2.24) is 5.32 Å². The van der Waals surface area contributed by atoms with Crippen molar-refractivity contribution in [1.29, 1.82) is 0 Å². The average molecular weight is 729 g/mol. The van der Waals surface area contributed by atoms with E-state index in [0.717, 1.165) is 64.2 Å². The van der Waals surface area contributed by atoms with E-state index in [1.54, 1.807) is 0 Å². The number of rotatable bonds is 39. The van der Waals surface area contributed by atoms with Crippen LogP contribution in [0.2, 0.25) is 0 Å². The van der Waals surface area contributed by atoms with Crippen molar-refractivity contribution in [3.8, 4) is 0 Å². The monoisotopic (exact) mass is 729 g/mol. The molecule has 0 radical (unpaired) electrons. The van der Waals surface area contributed by atoms with Gasteiger partial charge in [-0.15, -0.1) is 0 Å². The molecule has 1 amide bonds. The summed E-state index contributed by atoms with van der Waals surface area (Å²) in [6.45, 7) is 4.16. The molecule has 0 spiro atoms. The van der Waals surface area contributed by atoms with Gasteiger partial charge in [-0.05, 0) is 38.5 Å². The molecule has 5 N–H and O–H groups in total. The molecule has 9 heteroatoms. The number of allylic oxidation sites excluding steroid dienone is 4. The van der Waals surface area contributed by atoms with Crippen LogP contribution in [-0.4, -0.2) is 47.8 Å². The molecule has 8 nitrogen and oxygen atoms in total. The van der Waals surface area contributed by atoms with Gasteiger partial charge in [0.05, 0.1) is 25.4 Å². The second-order valence-corrected chi connectivity index (χ2v) is 15.7. The van der Waals surface area contributed by atoms with Gasteiger partial charge in [0.25, 0.3) is 0 Å². The molecule has 0 aromatic carbocycles. The van der Waals surface area contributed by atoms with Crippen LogP contribution in [0.5, 0.6) is 0 Å². The summed E-state index contributed by atoms with van der Waals surface area (Å²) in [7, 11) is -4.31. The maximum absolute atomic E-state index is 12.7. The van der Waals surface area contributed by atoms with Crippen LogP contribution in [0.4, 0.5) is 0 Å². The number of unbranched alkanes of at least 4 members (excludes halogenated alkanes) is 23. The summed E-state index contributed by atoms with van der Waals surface area (Å²) in [5.74, 6) is -0.175. The van der Waals surface area contributed by atoms with Crippen molar-refractivity contribution in [2.75, 3.05) is 19.8 Å². The van der Waals surface area contributed by atoms with Crippen LogP contribution in [0, 0.1) is 0 Å². The number of hydrogen-bond acceptors (Lipinski definition) is 6. The first-order valence-electron chi connectivity index (χ1n) is 21.0. The van der Waals surface area contributed by atoms with Crippen molar-refractivity contribution < 1.29 is 28.4 Å². The summed E-state index contributed by atoms with van der Waals surface area (Å²) in [4.78, 5) is 22.7. The Hall–Kier alpha value is -1.02. The largest absolute Gasteiger partial charge is 0.472 e. The number of aliphatic hydroxyl groups excluding tert-OH is 1. The molecular weight excluding hydrogens is 647 g/mol. The van der Waals surface area contributed by atoms with Gasteiger partial charge in [-0.25, -0.2) is 4.57 Å². The molecule has 296 valence electrons. The first-order chi connectivity index (χ1) is 24.4. The number of nitrogens with two attached hydrogens (primary N) is 1. The molecule has 0 saturated carbocycles. The van der Waals surface area contributed by atoms with Crippen LogP contribution in [0.3, 0.4) is 0 Å². The van der Waals surface area contributed by atoms with Crippen LogP contribution >= 0.6 is 7.82 Å². The van der Waals surface area contributed by atoms with E-state index in [2.05, 4.69) is 43.5 Å². The molecule has 0 aromatic heterocycles. The first kappa shape index (κ1) is 49.0. The molecule has 50 heavy (non-hydrogen) atoms. The second-order valence-electron chi connectivity index (χ2n) is 14.2. The standard InChI is InChI=1S/C41H81N2O6P/c1-3-5-7-9-11-13-15-17-19-20-21-22-24-26-28-30-32-34-40(44)39(38-49-50(46,47)48-37-36-42)43-41(45)35-33-31-29-27-25-23-18-16-14-12-10-8-6-4-2/h10,12,16,18,39-40,44H,3-9,11,13-15,17,19-38,42H2,1-2H3,(H,43,45)(H,46,47)/b12-10-,18-16-. The van der Waals surface area contributed by atoms with Crippen molar-refractivity contribution in [2.24, 2.45) is 5.73 Å². The smallest absolute Gasteiger partial charge is 0.391 e. The van der Waals surface area contributed by atoms with Gasteiger partial charge in [0.2, 0.25) is 5.91 Å². The molecule has 0 heterocycles. The first-order valence-corrected chi connectivity index (χ1v) is 22.4. The van der Waals surface area contributed by atoms with E-state index in [0.29, 0.717) is 12.8 Å². The summed E-state index contributed by atoms with van der Waals surface area (Å²) < 4.78 is 22.1. The Balaban J connectivity index is 4.19. The van der Waals surface area contributed by atoms with Gasteiger partial charge < -0.3 is 21.1 Å². The van der Waals surface area contributed by atoms with Gasteiger partial charge in [0.1, 0.15) is 0 Å². The quantitative estimate of drug-likeness (QED) is 0.0281. The summed E-state index contributed by atoms with van der Waals surface area (Å²) in [6, 6.07) is -0.779. The van der Waals surface area contributed by atoms with Crippen LogP contribution < -0.4 is 11.1 Å². The Morgan fingerprint density at radius 2 is 1.12 bits per heavy atom. The molecule has 3 atom stereocenters. The Morgan fingerprint density at radius 3 is 1.64 bits per heavy atom. The van der Waals surface area contributed by atoms with E-state index < -0.39 is 20.0 Å². The maximum atomic E-state index is 12.7. The van der Waals surface area contributed by atoms with Gasteiger partial charge >= 0.3 is 7.82 Å². The summed E-state index contributed by atoms with van der Waals surface area (Å²) in [6.07, 6.45) is 41.8. The molecule has 0 rings (SSSR count). The third-order valence-electron chi connectivity index (χ3n) is 9.31. The van der Waals surface area contributed by atoms with E-state index in [-0.39, 0.29) is 25.7 Å². The minimum absolute atomic E-state index is 0.0868. The highest BCUT2D eigenvalue weighted by Crippen LogP contribution is 2.43. The lowest BCUT2D eigenvalue weighted by molar-refractivity contribution is -0.123. The Kier molecular flexibility index (Phi) is 37.0. The SMILES string of the molecule is CCCC/C=C\C/C=C\CCCCCCCC(=O)NC(COP(=O)(O)OCCN)C(O)CCCCCCCCCCCCCCCCCCC. The summed E-state index contributed by atoms with van der Waals surface area (Å²) in [5, 5.41) is 13.8. The van der Waals surface area contributed by atoms with E-state index in [1.165, 1.54) is 109 Å². The Labute approximate surface area is 308 Å². The summed E-state index contributed by atoms with van der Waals surface area (Å²) >= 11 is 0. The van der Waals surface area contributed by atoms with Crippen molar-refractivity contribution in [3.05, 3.63) is 24.3 Å². The number of hydrogen-bond donors (Lipinski definition) is 4. The predicted molar refractivity (Wildman–Crippen MR) is 212 cm³/mol. The lowest BCUT2D eigenvalue weighted by Crippen LogP contribution is -2.46. The number of aliphatic hydroxyl groups is 1. The summed E-state index contributed by atoms with van der Waals surface area (Å²) in [5.41, 5.74) is 5.37. The number of carbonyl (C=O) groups is 1. The maximum Gasteiger partial charge on any atom is 0.472 e. The predicted octanol–water partition coefficient (Wildman–Crippen LogP) is 11.4. The highest BCUT2D eigenvalue weighted by atomic mass is 31.2. The topological polar surface area (TPSA) is 131 Å².